The summed E-state index contributed by atoms with van der Waals surface area (Å²) in [6.07, 6.45) is 1.62. The number of halogens is 1. The molecule has 0 fully saturated rings. The zero-order chi connectivity index (χ0) is 19.0. The zero-order valence-corrected chi connectivity index (χ0v) is 15.4. The molecule has 4 aromatic rings. The molecule has 0 amide bonds. The number of carbonyl (C=O) groups is 1. The Labute approximate surface area is 160 Å². The lowest BCUT2D eigenvalue weighted by atomic mass is 10.1. The van der Waals surface area contributed by atoms with E-state index in [0.717, 1.165) is 22.0 Å². The van der Waals surface area contributed by atoms with Crippen LogP contribution in [0.4, 0.5) is 5.69 Å². The Hall–Kier alpha value is -3.12. The third-order valence-corrected chi connectivity index (χ3v) is 4.53. The van der Waals surface area contributed by atoms with E-state index >= 15 is 0 Å². The number of ether oxygens (including phenoxy) is 1. The van der Waals surface area contributed by atoms with Gasteiger partial charge in [-0.05, 0) is 42.8 Å². The number of benzene rings is 2. The van der Waals surface area contributed by atoms with E-state index < -0.39 is 5.97 Å². The van der Waals surface area contributed by atoms with Crippen molar-refractivity contribution in [2.75, 3.05) is 12.3 Å². The molecule has 0 bridgehead atoms. The first-order valence-corrected chi connectivity index (χ1v) is 8.91. The molecule has 0 atom stereocenters. The minimum Gasteiger partial charge on any atom is -0.461 e. The van der Waals surface area contributed by atoms with Crippen LogP contribution in [-0.2, 0) is 11.3 Å². The van der Waals surface area contributed by atoms with Crippen molar-refractivity contribution < 1.29 is 9.53 Å². The molecule has 2 N–H and O–H groups in total. The minimum atomic E-state index is -0.478. The maximum atomic E-state index is 12.3. The first kappa shape index (κ1) is 17.3. The van der Waals surface area contributed by atoms with E-state index in [-0.39, 0.29) is 12.3 Å². The van der Waals surface area contributed by atoms with Crippen LogP contribution in [0.25, 0.3) is 21.8 Å². The summed E-state index contributed by atoms with van der Waals surface area (Å²) in [5.41, 5.74) is 9.49. The third kappa shape index (κ3) is 3.19. The molecule has 0 radical (unpaired) electrons. The number of fused-ring (bicyclic) bond motifs is 2. The van der Waals surface area contributed by atoms with Gasteiger partial charge in [-0.3, -0.25) is 9.67 Å². The molecule has 0 aliphatic rings. The average Bonchev–Trinajstić information content (AvgIpc) is 3.02. The molecule has 4 rings (SSSR count). The summed E-state index contributed by atoms with van der Waals surface area (Å²) in [7, 11) is 0. The van der Waals surface area contributed by atoms with Crippen molar-refractivity contribution in [2.24, 2.45) is 0 Å². The number of hydrogen-bond acceptors (Lipinski definition) is 5. The second-order valence-corrected chi connectivity index (χ2v) is 6.59. The predicted octanol–water partition coefficient (Wildman–Crippen LogP) is 4.05. The fourth-order valence-electron chi connectivity index (χ4n) is 3.14. The molecule has 0 aliphatic heterocycles. The molecule has 2 heterocycles. The molecule has 0 aliphatic carbocycles. The monoisotopic (exact) mass is 380 g/mol. The summed E-state index contributed by atoms with van der Waals surface area (Å²) in [5, 5.41) is 6.63. The number of aromatic nitrogens is 3. The number of nitrogens with zero attached hydrogens (tertiary/aromatic N) is 3. The van der Waals surface area contributed by atoms with Crippen LogP contribution in [0.15, 0.2) is 48.7 Å². The molecule has 0 unspecified atom stereocenters. The number of esters is 1. The molecule has 7 heteroatoms. The van der Waals surface area contributed by atoms with Crippen LogP contribution < -0.4 is 5.73 Å². The maximum absolute atomic E-state index is 12.3. The van der Waals surface area contributed by atoms with Crippen molar-refractivity contribution >= 4 is 45.1 Å². The van der Waals surface area contributed by atoms with Gasteiger partial charge < -0.3 is 10.5 Å². The molecule has 0 spiro atoms. The number of pyridine rings is 1. The van der Waals surface area contributed by atoms with E-state index in [4.69, 9.17) is 22.1 Å². The van der Waals surface area contributed by atoms with Crippen LogP contribution in [0.1, 0.15) is 23.0 Å². The summed E-state index contributed by atoms with van der Waals surface area (Å²) in [4.78, 5) is 16.6. The Morgan fingerprint density at radius 1 is 1.26 bits per heavy atom. The van der Waals surface area contributed by atoms with Gasteiger partial charge in [-0.15, -0.1) is 0 Å². The Kier molecular flexibility index (Phi) is 4.41. The van der Waals surface area contributed by atoms with E-state index in [0.29, 0.717) is 22.6 Å². The van der Waals surface area contributed by atoms with Crippen LogP contribution >= 0.6 is 11.6 Å². The van der Waals surface area contributed by atoms with Crippen LogP contribution in [0, 0.1) is 0 Å². The summed E-state index contributed by atoms with van der Waals surface area (Å²) >= 11 is 6.05. The smallest absolute Gasteiger partial charge is 0.359 e. The number of anilines is 1. The number of nitrogens with two attached hydrogens (primary N) is 1. The Bertz CT molecular complexity index is 1170. The number of rotatable bonds is 4. The van der Waals surface area contributed by atoms with Gasteiger partial charge in [-0.25, -0.2) is 4.79 Å². The van der Waals surface area contributed by atoms with Crippen molar-refractivity contribution in [1.29, 1.82) is 0 Å². The molecular weight excluding hydrogens is 364 g/mol. The molecule has 6 nitrogen and oxygen atoms in total. The predicted molar refractivity (Wildman–Crippen MR) is 106 cm³/mol. The molecule has 2 aromatic carbocycles. The summed E-state index contributed by atoms with van der Waals surface area (Å²) in [5.74, 6) is -0.478. The second-order valence-electron chi connectivity index (χ2n) is 6.15. The molecule has 2 aromatic heterocycles. The van der Waals surface area contributed by atoms with Gasteiger partial charge in [0, 0.05) is 17.3 Å². The number of carbonyl (C=O) groups excluding carboxylic acids is 1. The molecule has 0 saturated heterocycles. The van der Waals surface area contributed by atoms with Crippen molar-refractivity contribution in [1.82, 2.24) is 14.8 Å². The van der Waals surface area contributed by atoms with Crippen molar-refractivity contribution in [3.05, 3.63) is 64.9 Å². The molecule has 27 heavy (non-hydrogen) atoms. The lowest BCUT2D eigenvalue weighted by Crippen LogP contribution is -2.08. The number of nitrogen functional groups attached to an aromatic ring is 1. The van der Waals surface area contributed by atoms with E-state index in [1.54, 1.807) is 23.9 Å². The Morgan fingerprint density at radius 3 is 2.93 bits per heavy atom. The highest BCUT2D eigenvalue weighted by Gasteiger charge is 2.20. The highest BCUT2D eigenvalue weighted by molar-refractivity contribution is 6.31. The van der Waals surface area contributed by atoms with Crippen molar-refractivity contribution in [3.8, 4) is 0 Å². The van der Waals surface area contributed by atoms with Crippen LogP contribution in [0.3, 0.4) is 0 Å². The van der Waals surface area contributed by atoms with Gasteiger partial charge in [-0.1, -0.05) is 23.7 Å². The van der Waals surface area contributed by atoms with Gasteiger partial charge in [0.2, 0.25) is 0 Å². The summed E-state index contributed by atoms with van der Waals surface area (Å²) < 4.78 is 6.89. The lowest BCUT2D eigenvalue weighted by Gasteiger charge is -2.06. The van der Waals surface area contributed by atoms with Gasteiger partial charge >= 0.3 is 5.97 Å². The van der Waals surface area contributed by atoms with Gasteiger partial charge in [0.15, 0.2) is 5.69 Å². The maximum Gasteiger partial charge on any atom is 0.359 e. The van der Waals surface area contributed by atoms with E-state index in [9.17, 15) is 4.79 Å². The standard InChI is InChI=1S/C20H17ClN4O2/c1-2-27-20(26)19-18-15(22)4-3-5-17(18)25(24-19)11-12-6-7-16-13(8-12)9-14(21)10-23-16/h3-10H,2,11,22H2,1H3. The first-order chi connectivity index (χ1) is 13.1. The van der Waals surface area contributed by atoms with Crippen LogP contribution in [-0.4, -0.2) is 27.3 Å². The highest BCUT2D eigenvalue weighted by atomic mass is 35.5. The Morgan fingerprint density at radius 2 is 2.11 bits per heavy atom. The molecule has 0 saturated carbocycles. The minimum absolute atomic E-state index is 0.232. The second kappa shape index (κ2) is 6.89. The SMILES string of the molecule is CCOC(=O)c1nn(Cc2ccc3ncc(Cl)cc3c2)c2cccc(N)c12. The lowest BCUT2D eigenvalue weighted by molar-refractivity contribution is 0.0520. The van der Waals surface area contributed by atoms with Gasteiger partial charge in [0.1, 0.15) is 0 Å². The number of hydrogen-bond donors (Lipinski definition) is 1. The van der Waals surface area contributed by atoms with Crippen molar-refractivity contribution in [3.63, 3.8) is 0 Å². The van der Waals surface area contributed by atoms with Crippen LogP contribution in [0.2, 0.25) is 5.02 Å². The third-order valence-electron chi connectivity index (χ3n) is 4.32. The fraction of sp³-hybridized carbons (Fsp3) is 0.150. The van der Waals surface area contributed by atoms with E-state index in [2.05, 4.69) is 10.1 Å². The topological polar surface area (TPSA) is 83.0 Å². The average molecular weight is 381 g/mol. The molecular formula is C20H17ClN4O2. The van der Waals surface area contributed by atoms with E-state index in [1.165, 1.54) is 0 Å². The highest BCUT2D eigenvalue weighted by Crippen LogP contribution is 2.27. The molecule has 136 valence electrons. The zero-order valence-electron chi connectivity index (χ0n) is 14.6. The normalized spacial score (nSPS) is 11.2. The summed E-state index contributed by atoms with van der Waals surface area (Å²) in [6, 6.07) is 13.3. The van der Waals surface area contributed by atoms with Crippen LogP contribution in [0.5, 0.6) is 0 Å². The fourth-order valence-corrected chi connectivity index (χ4v) is 3.31. The van der Waals surface area contributed by atoms with Gasteiger partial charge in [0.05, 0.1) is 34.6 Å². The van der Waals surface area contributed by atoms with Gasteiger partial charge in [-0.2, -0.15) is 5.10 Å². The van der Waals surface area contributed by atoms with Gasteiger partial charge in [0.25, 0.3) is 0 Å². The van der Waals surface area contributed by atoms with E-state index in [1.807, 2.05) is 36.4 Å². The largest absolute Gasteiger partial charge is 0.461 e. The first-order valence-electron chi connectivity index (χ1n) is 8.53. The van der Waals surface area contributed by atoms with Crippen molar-refractivity contribution in [2.45, 2.75) is 13.5 Å². The quantitative estimate of drug-likeness (QED) is 0.426. The summed E-state index contributed by atoms with van der Waals surface area (Å²) in [6.45, 7) is 2.51. The Balaban J connectivity index is 1.80.